The highest BCUT2D eigenvalue weighted by Gasteiger charge is 2.41. The van der Waals surface area contributed by atoms with Crippen LogP contribution < -0.4 is 11.1 Å². The highest BCUT2D eigenvalue weighted by atomic mass is 19.1. The van der Waals surface area contributed by atoms with E-state index in [1.54, 1.807) is 68.4 Å². The van der Waals surface area contributed by atoms with Crippen LogP contribution in [0.1, 0.15) is 89.6 Å². The topological polar surface area (TPSA) is 134 Å². The lowest BCUT2D eigenvalue weighted by atomic mass is 9.75. The van der Waals surface area contributed by atoms with Crippen molar-refractivity contribution in [2.24, 2.45) is 17.6 Å². The zero-order chi connectivity index (χ0) is 37.1. The van der Waals surface area contributed by atoms with E-state index >= 15 is 0 Å². The molecule has 0 bridgehead atoms. The molecular weight excluding hydrogens is 639 g/mol. The maximum atomic E-state index is 13.5. The first-order valence-electron chi connectivity index (χ1n) is 17.0. The summed E-state index contributed by atoms with van der Waals surface area (Å²) in [6.07, 6.45) is 1.58. The van der Waals surface area contributed by atoms with Gasteiger partial charge in [-0.15, -0.1) is 0 Å². The fourth-order valence-corrected chi connectivity index (χ4v) is 5.77. The number of ketones is 2. The van der Waals surface area contributed by atoms with Crippen molar-refractivity contribution in [1.29, 1.82) is 0 Å². The number of carbonyl (C=O) groups excluding carboxylic acids is 4. The van der Waals surface area contributed by atoms with Crippen molar-refractivity contribution in [2.45, 2.75) is 97.2 Å². The number of nitrogens with two attached hydrogens (primary N) is 1. The Labute approximate surface area is 295 Å². The molecule has 3 aromatic rings. The minimum absolute atomic E-state index is 0.0428. The van der Waals surface area contributed by atoms with Gasteiger partial charge < -0.3 is 25.3 Å². The molecule has 3 aromatic carbocycles. The number of hydrogen-bond donors (Lipinski definition) is 2. The summed E-state index contributed by atoms with van der Waals surface area (Å²) in [6, 6.07) is 22.7. The van der Waals surface area contributed by atoms with Crippen molar-refractivity contribution in [2.75, 3.05) is 11.9 Å². The lowest BCUT2D eigenvalue weighted by molar-refractivity contribution is -0.300. The van der Waals surface area contributed by atoms with Crippen LogP contribution >= 0.6 is 0 Å². The molecule has 1 heterocycles. The number of hydrogen-bond acceptors (Lipinski definition) is 8. The second-order valence-corrected chi connectivity index (χ2v) is 14.1. The lowest BCUT2D eigenvalue weighted by Crippen LogP contribution is -2.46. The summed E-state index contributed by atoms with van der Waals surface area (Å²) in [5, 5.41) is 2.77. The second kappa shape index (κ2) is 18.1. The Bertz CT molecular complexity index is 1550. The van der Waals surface area contributed by atoms with Gasteiger partial charge in [0.2, 0.25) is 5.91 Å². The number of amides is 1. The average molecular weight is 691 g/mol. The number of benzene rings is 3. The molecule has 1 amide bonds. The maximum Gasteiger partial charge on any atom is 0.308 e. The third-order valence-corrected chi connectivity index (χ3v) is 7.83. The number of anilines is 1. The number of halogens is 1. The molecule has 4 rings (SSSR count). The Morgan fingerprint density at radius 2 is 1.46 bits per heavy atom. The Kier molecular flexibility index (Phi) is 14.6. The van der Waals surface area contributed by atoms with Crippen LogP contribution in [0.15, 0.2) is 84.9 Å². The molecule has 2 unspecified atom stereocenters. The summed E-state index contributed by atoms with van der Waals surface area (Å²) in [7, 11) is 0. The van der Waals surface area contributed by atoms with Gasteiger partial charge in [-0.1, -0.05) is 62.4 Å². The molecule has 0 saturated carbocycles. The Balaban J connectivity index is 0.000000305. The Hall–Kier alpha value is -4.25. The van der Waals surface area contributed by atoms with E-state index in [0.717, 1.165) is 6.42 Å². The number of para-hydroxylation sites is 1. The van der Waals surface area contributed by atoms with Crippen molar-refractivity contribution in [3.63, 3.8) is 0 Å². The summed E-state index contributed by atoms with van der Waals surface area (Å²) >= 11 is 0. The van der Waals surface area contributed by atoms with Crippen molar-refractivity contribution in [3.05, 3.63) is 102 Å². The van der Waals surface area contributed by atoms with Crippen molar-refractivity contribution >= 4 is 29.1 Å². The van der Waals surface area contributed by atoms with Crippen LogP contribution in [0, 0.1) is 17.7 Å². The van der Waals surface area contributed by atoms with Gasteiger partial charge >= 0.3 is 5.97 Å². The fraction of sp³-hybridized carbons (Fsp3) is 0.450. The van der Waals surface area contributed by atoms with E-state index in [1.165, 1.54) is 24.3 Å². The van der Waals surface area contributed by atoms with Gasteiger partial charge in [0.05, 0.1) is 24.5 Å². The lowest BCUT2D eigenvalue weighted by Gasteiger charge is -2.40. The summed E-state index contributed by atoms with van der Waals surface area (Å²) in [6.45, 7) is 13.3. The SMILES string of the molecule is CC(C)(C)OC(=O)C[C@H]1C[C@@H](CCN)OC(C)(C)O1.CC(C)C(=O)C(C(=O)Nc1ccccc1)C(C(=O)c1ccc(F)cc1)c1ccccc1. The molecule has 10 heteroatoms. The molecule has 0 aliphatic carbocycles. The quantitative estimate of drug-likeness (QED) is 0.115. The summed E-state index contributed by atoms with van der Waals surface area (Å²) < 4.78 is 30.3. The van der Waals surface area contributed by atoms with Gasteiger partial charge in [-0.2, -0.15) is 0 Å². The average Bonchev–Trinajstić information content (AvgIpc) is 3.03. The molecule has 270 valence electrons. The Morgan fingerprint density at radius 3 is 2.00 bits per heavy atom. The summed E-state index contributed by atoms with van der Waals surface area (Å²) in [4.78, 5) is 51.9. The van der Waals surface area contributed by atoms with Gasteiger partial charge in [-0.05, 0) is 89.5 Å². The first kappa shape index (κ1) is 40.2. The number of esters is 1. The largest absolute Gasteiger partial charge is 0.460 e. The van der Waals surface area contributed by atoms with E-state index in [1.807, 2.05) is 40.7 Å². The molecule has 0 spiro atoms. The minimum atomic E-state index is -1.24. The third kappa shape index (κ3) is 12.6. The molecular formula is C40H51FN2O7. The van der Waals surface area contributed by atoms with Crippen molar-refractivity contribution < 1.29 is 37.8 Å². The molecule has 1 aliphatic rings. The zero-order valence-electron chi connectivity index (χ0n) is 30.1. The van der Waals surface area contributed by atoms with Crippen molar-refractivity contribution in [3.8, 4) is 0 Å². The van der Waals surface area contributed by atoms with E-state index in [9.17, 15) is 23.6 Å². The fourth-order valence-electron chi connectivity index (χ4n) is 5.77. The van der Waals surface area contributed by atoms with Gasteiger partial charge in [0, 0.05) is 23.6 Å². The minimum Gasteiger partial charge on any atom is -0.460 e. The predicted octanol–water partition coefficient (Wildman–Crippen LogP) is 7.25. The van der Waals surface area contributed by atoms with E-state index in [4.69, 9.17) is 19.9 Å². The van der Waals surface area contributed by atoms with Crippen LogP contribution in [0.5, 0.6) is 0 Å². The zero-order valence-corrected chi connectivity index (χ0v) is 30.1. The first-order valence-corrected chi connectivity index (χ1v) is 17.0. The molecule has 0 radical (unpaired) electrons. The van der Waals surface area contributed by atoms with E-state index in [0.29, 0.717) is 24.2 Å². The molecule has 9 nitrogen and oxygen atoms in total. The van der Waals surface area contributed by atoms with E-state index in [2.05, 4.69) is 5.32 Å². The third-order valence-electron chi connectivity index (χ3n) is 7.83. The number of ether oxygens (including phenoxy) is 3. The van der Waals surface area contributed by atoms with Gasteiger partial charge in [-0.25, -0.2) is 4.39 Å². The van der Waals surface area contributed by atoms with Crippen LogP contribution in [0.2, 0.25) is 0 Å². The number of nitrogens with one attached hydrogen (secondary N) is 1. The molecule has 1 fully saturated rings. The predicted molar refractivity (Wildman–Crippen MR) is 191 cm³/mol. The molecule has 50 heavy (non-hydrogen) atoms. The summed E-state index contributed by atoms with van der Waals surface area (Å²) in [5.41, 5.74) is 6.43. The standard InChI is InChI=1S/C26H24FNO3.C14H27NO4/c1-17(2)24(29)23(26(31)28-21-11-7-4-8-12-21)22(18-9-5-3-6-10-18)25(30)19-13-15-20(27)16-14-19;1-13(2,3)19-12(16)9-11-8-10(6-7-15)17-14(4,5)18-11/h3-17,22-23H,1-2H3,(H,28,31);10-11H,6-9,15H2,1-5H3/t;10-,11-/m.1/s1. The number of carbonyl (C=O) groups is 4. The monoisotopic (exact) mass is 690 g/mol. The molecule has 4 atom stereocenters. The smallest absolute Gasteiger partial charge is 0.308 e. The molecule has 3 N–H and O–H groups in total. The highest BCUT2D eigenvalue weighted by Crippen LogP contribution is 2.33. The second-order valence-electron chi connectivity index (χ2n) is 14.1. The van der Waals surface area contributed by atoms with E-state index < -0.39 is 46.6 Å². The number of rotatable bonds is 12. The van der Waals surface area contributed by atoms with Gasteiger partial charge in [0.15, 0.2) is 11.6 Å². The van der Waals surface area contributed by atoms with Crippen LogP contribution in [-0.4, -0.2) is 53.6 Å². The van der Waals surface area contributed by atoms with E-state index in [-0.39, 0.29) is 35.9 Å². The molecule has 1 saturated heterocycles. The van der Waals surface area contributed by atoms with Crippen LogP contribution in [0.25, 0.3) is 0 Å². The first-order chi connectivity index (χ1) is 23.5. The highest BCUT2D eigenvalue weighted by molar-refractivity contribution is 6.14. The summed E-state index contributed by atoms with van der Waals surface area (Å²) in [5.74, 6) is -5.40. The van der Waals surface area contributed by atoms with Crippen LogP contribution in [0.3, 0.4) is 0 Å². The molecule has 1 aliphatic heterocycles. The van der Waals surface area contributed by atoms with Gasteiger partial charge in [0.25, 0.3) is 0 Å². The van der Waals surface area contributed by atoms with Gasteiger partial charge in [0.1, 0.15) is 23.1 Å². The number of Topliss-reactive ketones (excluding diaryl/α,β-unsaturated/α-hetero) is 2. The normalized spacial score (nSPS) is 18.2. The van der Waals surface area contributed by atoms with Crippen molar-refractivity contribution in [1.82, 2.24) is 0 Å². The van der Waals surface area contributed by atoms with Crippen LogP contribution in [0.4, 0.5) is 10.1 Å². The maximum absolute atomic E-state index is 13.5. The van der Waals surface area contributed by atoms with Crippen LogP contribution in [-0.2, 0) is 28.6 Å². The van der Waals surface area contributed by atoms with Gasteiger partial charge in [-0.3, -0.25) is 19.2 Å². The molecule has 0 aromatic heterocycles. The Morgan fingerprint density at radius 1 is 0.900 bits per heavy atom.